The van der Waals surface area contributed by atoms with Gasteiger partial charge in [0.2, 0.25) is 0 Å². The fourth-order valence-corrected chi connectivity index (χ4v) is 1.40. The minimum atomic E-state index is -0.394. The number of aromatic nitrogens is 3. The van der Waals surface area contributed by atoms with Gasteiger partial charge in [-0.3, -0.25) is 4.57 Å². The van der Waals surface area contributed by atoms with Crippen molar-refractivity contribution in [1.82, 2.24) is 14.3 Å². The van der Waals surface area contributed by atoms with Crippen LogP contribution in [-0.2, 0) is 13.6 Å². The minimum Gasteiger partial charge on any atom is -0.398 e. The molecule has 84 valence electrons. The Kier molecular flexibility index (Phi) is 2.47. The summed E-state index contributed by atoms with van der Waals surface area (Å²) in [4.78, 5) is 11.5. The summed E-state index contributed by atoms with van der Waals surface area (Å²) in [6, 6.07) is 4.08. The molecule has 2 aromatic rings. The first kappa shape index (κ1) is 10.4. The van der Waals surface area contributed by atoms with Gasteiger partial charge in [0.05, 0.1) is 6.54 Å². The predicted molar refractivity (Wildman–Crippen MR) is 57.4 cm³/mol. The van der Waals surface area contributed by atoms with Crippen LogP contribution >= 0.6 is 0 Å². The molecule has 0 spiro atoms. The molecule has 1 aromatic carbocycles. The van der Waals surface area contributed by atoms with E-state index in [1.165, 1.54) is 27.7 Å². The molecule has 16 heavy (non-hydrogen) atoms. The maximum Gasteiger partial charge on any atom is 0.345 e. The van der Waals surface area contributed by atoms with E-state index in [9.17, 15) is 9.18 Å². The fraction of sp³-hybridized carbons (Fsp3) is 0.200. The fourth-order valence-electron chi connectivity index (χ4n) is 1.40. The Morgan fingerprint density at radius 3 is 2.81 bits per heavy atom. The van der Waals surface area contributed by atoms with Gasteiger partial charge >= 0.3 is 5.69 Å². The molecule has 0 radical (unpaired) electrons. The lowest BCUT2D eigenvalue weighted by Gasteiger charge is -2.04. The lowest BCUT2D eigenvalue weighted by atomic mass is 10.2. The second-order valence-corrected chi connectivity index (χ2v) is 3.53. The van der Waals surface area contributed by atoms with Gasteiger partial charge in [0.1, 0.15) is 12.1 Å². The van der Waals surface area contributed by atoms with E-state index in [0.717, 1.165) is 0 Å². The van der Waals surface area contributed by atoms with Gasteiger partial charge in [0.15, 0.2) is 0 Å². The lowest BCUT2D eigenvalue weighted by Crippen LogP contribution is -2.23. The first-order chi connectivity index (χ1) is 7.58. The van der Waals surface area contributed by atoms with Gasteiger partial charge < -0.3 is 5.73 Å². The summed E-state index contributed by atoms with van der Waals surface area (Å²) in [7, 11) is 1.61. The SMILES string of the molecule is Cn1cnn(Cc2ccc(F)cc2N)c1=O. The average Bonchev–Trinajstić information content (AvgIpc) is 2.54. The molecule has 6 heteroatoms. The molecule has 2 rings (SSSR count). The summed E-state index contributed by atoms with van der Waals surface area (Å²) in [6.07, 6.45) is 1.42. The molecule has 0 amide bonds. The van der Waals surface area contributed by atoms with E-state index in [4.69, 9.17) is 5.73 Å². The van der Waals surface area contributed by atoms with E-state index >= 15 is 0 Å². The van der Waals surface area contributed by atoms with Gasteiger partial charge in [-0.15, -0.1) is 0 Å². The van der Waals surface area contributed by atoms with Crippen LogP contribution in [0.3, 0.4) is 0 Å². The van der Waals surface area contributed by atoms with E-state index in [1.54, 1.807) is 13.1 Å². The number of nitrogens with zero attached hydrogens (tertiary/aromatic N) is 3. The van der Waals surface area contributed by atoms with Crippen LogP contribution in [0.1, 0.15) is 5.56 Å². The second kappa shape index (κ2) is 3.80. The number of nitrogens with two attached hydrogens (primary N) is 1. The van der Waals surface area contributed by atoms with Crippen molar-refractivity contribution < 1.29 is 4.39 Å². The third kappa shape index (κ3) is 1.81. The molecule has 0 aliphatic carbocycles. The van der Waals surface area contributed by atoms with Crippen LogP contribution in [0.15, 0.2) is 29.3 Å². The highest BCUT2D eigenvalue weighted by atomic mass is 19.1. The van der Waals surface area contributed by atoms with Crippen molar-refractivity contribution >= 4 is 5.69 Å². The van der Waals surface area contributed by atoms with E-state index in [0.29, 0.717) is 11.3 Å². The number of nitrogen functional groups attached to an aromatic ring is 1. The number of rotatable bonds is 2. The van der Waals surface area contributed by atoms with E-state index in [1.807, 2.05) is 0 Å². The zero-order chi connectivity index (χ0) is 11.7. The van der Waals surface area contributed by atoms with Crippen molar-refractivity contribution in [3.05, 3.63) is 46.4 Å². The number of benzene rings is 1. The van der Waals surface area contributed by atoms with Crippen LogP contribution in [0.25, 0.3) is 0 Å². The number of halogens is 1. The van der Waals surface area contributed by atoms with Crippen molar-refractivity contribution in [1.29, 1.82) is 0 Å². The molecule has 0 fully saturated rings. The molecule has 5 nitrogen and oxygen atoms in total. The lowest BCUT2D eigenvalue weighted by molar-refractivity contribution is 0.622. The molecule has 0 saturated carbocycles. The van der Waals surface area contributed by atoms with E-state index in [-0.39, 0.29) is 12.2 Å². The largest absolute Gasteiger partial charge is 0.398 e. The maximum atomic E-state index is 12.8. The standard InChI is InChI=1S/C10H11FN4O/c1-14-6-13-15(10(14)16)5-7-2-3-8(11)4-9(7)12/h2-4,6H,5,12H2,1H3. The van der Waals surface area contributed by atoms with Gasteiger partial charge in [0, 0.05) is 12.7 Å². The molecule has 1 aromatic heterocycles. The van der Waals surface area contributed by atoms with Crippen LogP contribution < -0.4 is 11.4 Å². The summed E-state index contributed by atoms with van der Waals surface area (Å²) < 4.78 is 15.4. The van der Waals surface area contributed by atoms with Gasteiger partial charge in [-0.2, -0.15) is 5.10 Å². The Bertz CT molecular complexity index is 572. The Hall–Kier alpha value is -2.11. The molecule has 2 N–H and O–H groups in total. The summed E-state index contributed by atoms with van der Waals surface area (Å²) in [5, 5.41) is 3.89. The normalized spacial score (nSPS) is 10.6. The molecule has 0 aliphatic rings. The highest BCUT2D eigenvalue weighted by Gasteiger charge is 2.06. The van der Waals surface area contributed by atoms with Crippen molar-refractivity contribution in [2.24, 2.45) is 7.05 Å². The number of aryl methyl sites for hydroxylation is 1. The maximum absolute atomic E-state index is 12.8. The number of hydrogen-bond acceptors (Lipinski definition) is 3. The highest BCUT2D eigenvalue weighted by molar-refractivity contribution is 5.46. The number of hydrogen-bond donors (Lipinski definition) is 1. The van der Waals surface area contributed by atoms with Gasteiger partial charge in [0.25, 0.3) is 0 Å². The van der Waals surface area contributed by atoms with Gasteiger partial charge in [-0.1, -0.05) is 6.07 Å². The van der Waals surface area contributed by atoms with Crippen LogP contribution in [-0.4, -0.2) is 14.3 Å². The van der Waals surface area contributed by atoms with Crippen molar-refractivity contribution in [3.63, 3.8) is 0 Å². The average molecular weight is 222 g/mol. The molecule has 0 atom stereocenters. The molecule has 0 aliphatic heterocycles. The Morgan fingerprint density at radius 1 is 1.50 bits per heavy atom. The summed E-state index contributed by atoms with van der Waals surface area (Å²) >= 11 is 0. The molecular weight excluding hydrogens is 211 g/mol. The van der Waals surface area contributed by atoms with E-state index in [2.05, 4.69) is 5.10 Å². The molecular formula is C10H11FN4O. The molecule has 0 bridgehead atoms. The summed E-state index contributed by atoms with van der Waals surface area (Å²) in [6.45, 7) is 0.242. The van der Waals surface area contributed by atoms with Crippen LogP contribution in [0.2, 0.25) is 0 Å². The first-order valence-corrected chi connectivity index (χ1v) is 4.70. The van der Waals surface area contributed by atoms with Gasteiger partial charge in [-0.25, -0.2) is 13.9 Å². The van der Waals surface area contributed by atoms with Crippen molar-refractivity contribution in [2.45, 2.75) is 6.54 Å². The third-order valence-corrected chi connectivity index (χ3v) is 2.31. The van der Waals surface area contributed by atoms with Crippen LogP contribution in [0.4, 0.5) is 10.1 Å². The Labute approximate surface area is 90.9 Å². The zero-order valence-corrected chi connectivity index (χ0v) is 8.72. The van der Waals surface area contributed by atoms with Gasteiger partial charge in [-0.05, 0) is 17.7 Å². The quantitative estimate of drug-likeness (QED) is 0.746. The highest BCUT2D eigenvalue weighted by Crippen LogP contribution is 2.13. The zero-order valence-electron chi connectivity index (χ0n) is 8.72. The summed E-state index contributed by atoms with van der Waals surface area (Å²) in [5.41, 5.74) is 6.39. The molecule has 0 saturated heterocycles. The molecule has 0 unspecified atom stereocenters. The monoisotopic (exact) mass is 222 g/mol. The Balaban J connectivity index is 2.34. The first-order valence-electron chi connectivity index (χ1n) is 4.70. The Morgan fingerprint density at radius 2 is 2.25 bits per heavy atom. The van der Waals surface area contributed by atoms with Crippen LogP contribution in [0, 0.1) is 5.82 Å². The smallest absolute Gasteiger partial charge is 0.345 e. The third-order valence-electron chi connectivity index (χ3n) is 2.31. The molecule has 1 heterocycles. The number of anilines is 1. The van der Waals surface area contributed by atoms with Crippen molar-refractivity contribution in [3.8, 4) is 0 Å². The second-order valence-electron chi connectivity index (χ2n) is 3.53. The van der Waals surface area contributed by atoms with E-state index < -0.39 is 5.82 Å². The van der Waals surface area contributed by atoms with Crippen LogP contribution in [0.5, 0.6) is 0 Å². The topological polar surface area (TPSA) is 65.8 Å². The predicted octanol–water partition coefficient (Wildman–Crippen LogP) is 0.351. The summed E-state index contributed by atoms with van der Waals surface area (Å²) in [5.74, 6) is -0.394. The minimum absolute atomic E-state index is 0.233. The van der Waals surface area contributed by atoms with Crippen molar-refractivity contribution in [2.75, 3.05) is 5.73 Å².